The first-order valence-corrected chi connectivity index (χ1v) is 46.9. The van der Waals surface area contributed by atoms with Gasteiger partial charge in [-0.3, -0.25) is 34.1 Å². The summed E-state index contributed by atoms with van der Waals surface area (Å²) in [5, 5.41) is 19.9. The second-order valence-electron chi connectivity index (χ2n) is 33.8. The van der Waals surface area contributed by atoms with E-state index in [-0.39, 0.29) is 71.1 Å². The smallest absolute Gasteiger partial charge is 0.263 e. The summed E-state index contributed by atoms with van der Waals surface area (Å²) >= 11 is 0. The van der Waals surface area contributed by atoms with Crippen molar-refractivity contribution in [1.29, 1.82) is 4.78 Å². The first-order chi connectivity index (χ1) is 62.3. The van der Waals surface area contributed by atoms with Crippen molar-refractivity contribution in [2.45, 2.75) is 112 Å². The third kappa shape index (κ3) is 19.7. The number of nitrogen functional groups attached to an aromatic ring is 2. The molecule has 1 saturated carbocycles. The standard InChI is InChI=1S/C26H31F2N9O2.C24H25N5O3S.C21H26N6OS.C21H22N6O.CH3.V/c1-16(34-6-8-35(9-7-34)19-14-39-15-19)17-2-4-36(5-3-17)23-20(28)11-30-12-21(23)32-26(38)22-24(29)33-37-13-18(27)10-31-25(22)37;1-15(2)33(30,31)19-10-8-18(9-11-19)21-14-27-24(25)23(28-21)22-12-20(29-32-22)17-6-4-16(5-7-17)13-26-3;1-14-5-3-4-12-27(14)18-13-17(21(8-9-21)29(2,22)28)25-20(26-18)16-7-11-24-19-15(16)6-10-23-19;1-14-13-28-10-9-27(14)19-11-17(18-5-8-24-26(18)2)16-4-7-23-20(21(16)25-19)15-3-6-22-12-15;;/h10-13,17,19H,1-9,14-15H2,(H2,29,33)(H,32,38);4-12,14-15,26H,13H2,1-3H3,(H2,25,27);6-7,10-11,13-14,22H,3-5,8-9,12H2,1-2H3,(H,23,24);3-8,11,14H,9-10,12-13H2,1-2H3;1H3;/q;;;;-1;/t;;14-,29-;14-;;/m..11../s1. The maximum Gasteiger partial charge on any atom is 0.263 e. The Labute approximate surface area is 771 Å². The SMILES string of the molecule is C=C(C1CCN(c2c(F)cncc2NC(=O)c2c(N)nn3cc(F)cnc23)CC1)N1CCN(C2COC2)CC1.CNCc1ccc(-c2cc(-c3nc(-c4ccc(S(=O)(=O)C(C)C)cc4)cnc3N)on2)cc1.C[C@@H]1CCCCN1c1cc(C2([S@](C)(=N)=O)CC2)nc(-c2ccnc3[nH]ccc23)n1.C[C@@H]1COCCN1c1cc(-c2ccnn2C)c2ccnc(C3=CC=NC3)c2n1.[CH3-].[V]. The van der Waals surface area contributed by atoms with Gasteiger partial charge in [-0.1, -0.05) is 48.1 Å². The fraction of sp³-hybridized carbons (Fsp3) is 0.366. The van der Waals surface area contributed by atoms with Crippen LogP contribution in [0.3, 0.4) is 0 Å². The van der Waals surface area contributed by atoms with Crippen LogP contribution in [0.15, 0.2) is 180 Å². The molecule has 1 radical (unpaired) electrons. The average Bonchev–Trinajstić information content (AvgIpc) is 1.55. The Balaban J connectivity index is 0.000000134. The van der Waals surface area contributed by atoms with Crippen molar-refractivity contribution in [3.8, 4) is 56.6 Å². The number of aromatic amines is 1. The molecule has 11 aromatic heterocycles. The Kier molecular flexibility index (Phi) is 28.3. The molecule has 1 aliphatic carbocycles. The van der Waals surface area contributed by atoms with Crippen molar-refractivity contribution in [2.75, 3.05) is 130 Å². The molecule has 0 unspecified atom stereocenters. The number of morpholine rings is 1. The molecule has 6 fully saturated rings. The van der Waals surface area contributed by atoms with E-state index in [1.165, 1.54) is 18.2 Å². The number of nitrogens with one attached hydrogen (secondary N) is 4. The quantitative estimate of drug-likeness (QED) is 0.0386. The normalized spacial score (nSPS) is 18.0. The zero-order valence-corrected chi connectivity index (χ0v) is 77.5. The number of halogens is 2. The number of carbonyl (C=O) groups is 1. The summed E-state index contributed by atoms with van der Waals surface area (Å²) < 4.78 is 93.3. The van der Waals surface area contributed by atoms with Crippen molar-refractivity contribution in [3.63, 3.8) is 0 Å². The molecule has 2 aromatic carbocycles. The molecule has 8 N–H and O–H groups in total. The summed E-state index contributed by atoms with van der Waals surface area (Å²) in [5.74, 6) is 1.48. The molecule has 131 heavy (non-hydrogen) atoms. The van der Waals surface area contributed by atoms with Crippen LogP contribution in [0.1, 0.15) is 99.9 Å². The van der Waals surface area contributed by atoms with Gasteiger partial charge in [0.1, 0.15) is 34.2 Å². The number of aryl methyl sites for hydroxylation is 1. The number of aromatic nitrogens is 15. The molecule has 0 spiro atoms. The van der Waals surface area contributed by atoms with E-state index in [0.717, 1.165) is 199 Å². The Morgan fingerprint density at radius 3 is 2.18 bits per heavy atom. The largest absolute Gasteiger partial charge is 0.382 e. The van der Waals surface area contributed by atoms with Crippen molar-refractivity contribution in [2.24, 2.45) is 18.0 Å². The number of piperidine rings is 2. The molecule has 5 saturated heterocycles. The number of rotatable bonds is 20. The molecule has 17 heterocycles. The summed E-state index contributed by atoms with van der Waals surface area (Å²) in [7, 11) is -2.24. The van der Waals surface area contributed by atoms with E-state index in [4.69, 9.17) is 45.2 Å². The zero-order chi connectivity index (χ0) is 90.0. The van der Waals surface area contributed by atoms with Gasteiger partial charge >= 0.3 is 0 Å². The fourth-order valence-electron chi connectivity index (χ4n) is 17.4. The molecule has 20 rings (SSSR count). The summed E-state index contributed by atoms with van der Waals surface area (Å²) in [6.45, 7) is 23.6. The Bertz CT molecular complexity index is 6630. The molecule has 7 aliphatic rings. The Morgan fingerprint density at radius 2 is 1.49 bits per heavy atom. The van der Waals surface area contributed by atoms with Crippen LogP contribution < -0.4 is 36.8 Å². The Morgan fingerprint density at radius 1 is 0.748 bits per heavy atom. The van der Waals surface area contributed by atoms with Crippen LogP contribution in [0.4, 0.5) is 43.4 Å². The van der Waals surface area contributed by atoms with Gasteiger partial charge < -0.3 is 68.1 Å². The molecule has 13 aromatic rings. The van der Waals surface area contributed by atoms with Crippen LogP contribution in [-0.4, -0.2) is 231 Å². The monoisotopic (exact) mass is 1850 g/mol. The minimum atomic E-state index is -3.35. The Hall–Kier alpha value is -12.4. The first kappa shape index (κ1) is 93.3. The van der Waals surface area contributed by atoms with E-state index in [9.17, 15) is 21.8 Å². The van der Waals surface area contributed by atoms with Gasteiger partial charge in [-0.05, 0) is 134 Å². The maximum absolute atomic E-state index is 15.1. The van der Waals surface area contributed by atoms with Crippen molar-refractivity contribution in [3.05, 3.63) is 207 Å². The number of fused-ring (bicyclic) bond motifs is 3. The van der Waals surface area contributed by atoms with Gasteiger partial charge in [0.25, 0.3) is 5.91 Å². The van der Waals surface area contributed by atoms with Gasteiger partial charge in [0.05, 0.1) is 135 Å². The number of hydrogen-bond donors (Lipinski definition) is 6. The number of amides is 1. The van der Waals surface area contributed by atoms with Gasteiger partial charge in [-0.2, -0.15) is 5.10 Å². The second-order valence-corrected chi connectivity index (χ2v) is 38.8. The molecule has 33 nitrogen and oxygen atoms in total. The van der Waals surface area contributed by atoms with Crippen LogP contribution in [0.5, 0.6) is 0 Å². The van der Waals surface area contributed by atoms with Crippen LogP contribution in [-0.2, 0) is 65.9 Å². The number of nitrogens with zero attached hydrogens (tertiary/aromatic N) is 20. The second kappa shape index (κ2) is 39.8. The van der Waals surface area contributed by atoms with Crippen LogP contribution in [0.2, 0.25) is 0 Å². The van der Waals surface area contributed by atoms with Crippen molar-refractivity contribution >= 4 is 99.5 Å². The van der Waals surface area contributed by atoms with Gasteiger partial charge in [0.15, 0.2) is 56.0 Å². The molecule has 0 bridgehead atoms. The van der Waals surface area contributed by atoms with Crippen LogP contribution >= 0.6 is 0 Å². The number of pyridine rings is 4. The number of H-pyrrole nitrogens is 1. The molecule has 1 amide bonds. The number of benzene rings is 2. The molecule has 3 atom stereocenters. The number of sulfone groups is 1. The predicted molar refractivity (Wildman–Crippen MR) is 502 cm³/mol. The zero-order valence-electron chi connectivity index (χ0n) is 74.4. The number of piperazine rings is 1. The molecule has 6 aliphatic heterocycles. The number of nitrogens with two attached hydrogens (primary N) is 2. The van der Waals surface area contributed by atoms with Gasteiger partial charge in [0.2, 0.25) is 0 Å². The van der Waals surface area contributed by atoms with E-state index in [1.807, 2.05) is 109 Å². The third-order valence-electron chi connectivity index (χ3n) is 25.1. The van der Waals surface area contributed by atoms with E-state index in [0.29, 0.717) is 85.1 Å². The van der Waals surface area contributed by atoms with Gasteiger partial charge in [-0.25, -0.2) is 60.8 Å². The number of hydrogen-bond acceptors (Lipinski definition) is 29. The summed E-state index contributed by atoms with van der Waals surface area (Å²) in [6, 6.07) is 29.7. The third-order valence-corrected chi connectivity index (χ3v) is 29.4. The molecule has 683 valence electrons. The predicted octanol–water partition coefficient (Wildman–Crippen LogP) is 13.2. The summed E-state index contributed by atoms with van der Waals surface area (Å²) in [5.41, 5.74) is 25.6. The number of carbonyl (C=O) groups excluding carboxylic acids is 1. The number of anilines is 6. The number of ether oxygens (including phenoxy) is 2. The van der Waals surface area contributed by atoms with Crippen molar-refractivity contribution in [1.82, 2.24) is 89.5 Å². The van der Waals surface area contributed by atoms with Crippen LogP contribution in [0, 0.1) is 29.8 Å². The van der Waals surface area contributed by atoms with Gasteiger partial charge in [0, 0.05) is 190 Å². The van der Waals surface area contributed by atoms with E-state index >= 15 is 4.39 Å². The van der Waals surface area contributed by atoms with E-state index < -0.39 is 47.1 Å². The molecule has 38 heteroatoms. The molecular weight excluding hydrogens is 1750 g/mol. The fourth-order valence-corrected chi connectivity index (χ4v) is 19.9. The molecular formula is C93H107F2N26O7S2V-. The minimum absolute atomic E-state index is 0. The van der Waals surface area contributed by atoms with Crippen molar-refractivity contribution < 1.29 is 58.8 Å². The topological polar surface area (TPSA) is 408 Å². The summed E-state index contributed by atoms with van der Waals surface area (Å²) in [4.78, 5) is 73.1. The van der Waals surface area contributed by atoms with Crippen LogP contribution in [0.25, 0.3) is 89.8 Å². The number of allylic oxidation sites excluding steroid dienone is 2. The minimum Gasteiger partial charge on any atom is -0.382 e. The van der Waals surface area contributed by atoms with E-state index in [1.54, 1.807) is 62.8 Å². The first-order valence-electron chi connectivity index (χ1n) is 43.4. The maximum atomic E-state index is 15.1. The summed E-state index contributed by atoms with van der Waals surface area (Å²) in [6.07, 6.45) is 25.5. The number of aliphatic imine (C=N–C) groups is 1. The van der Waals surface area contributed by atoms with E-state index in [2.05, 4.69) is 112 Å². The average molecular weight is 1850 g/mol. The van der Waals surface area contributed by atoms with Gasteiger partial charge in [-0.15, -0.1) is 5.10 Å².